The Morgan fingerprint density at radius 2 is 1.86 bits per heavy atom. The standard InChI is InChI=1S/C11H16O2S/c1-12-7-6-10-2-4-11(5-3-10)13-8-9-14/h2-5,14H,6-9H2,1H3. The lowest BCUT2D eigenvalue weighted by atomic mass is 10.1. The minimum Gasteiger partial charge on any atom is -0.493 e. The van der Waals surface area contributed by atoms with Crippen molar-refractivity contribution in [3.63, 3.8) is 0 Å². The second-order valence-corrected chi connectivity index (χ2v) is 3.41. The Morgan fingerprint density at radius 3 is 2.43 bits per heavy atom. The smallest absolute Gasteiger partial charge is 0.119 e. The van der Waals surface area contributed by atoms with Gasteiger partial charge in [0.1, 0.15) is 5.75 Å². The maximum Gasteiger partial charge on any atom is 0.119 e. The molecule has 0 fully saturated rings. The van der Waals surface area contributed by atoms with Crippen LogP contribution in [-0.2, 0) is 11.2 Å². The Kier molecular flexibility index (Phi) is 5.49. The summed E-state index contributed by atoms with van der Waals surface area (Å²) < 4.78 is 10.4. The zero-order valence-electron chi connectivity index (χ0n) is 8.40. The molecule has 1 aromatic carbocycles. The quantitative estimate of drug-likeness (QED) is 0.729. The Labute approximate surface area is 90.6 Å². The fourth-order valence-corrected chi connectivity index (χ4v) is 1.23. The van der Waals surface area contributed by atoms with Crippen molar-refractivity contribution >= 4 is 12.6 Å². The van der Waals surface area contributed by atoms with Gasteiger partial charge in [-0.05, 0) is 24.1 Å². The van der Waals surface area contributed by atoms with Crippen molar-refractivity contribution in [2.45, 2.75) is 6.42 Å². The highest BCUT2D eigenvalue weighted by molar-refractivity contribution is 7.80. The molecule has 0 N–H and O–H groups in total. The van der Waals surface area contributed by atoms with Gasteiger partial charge in [-0.25, -0.2) is 0 Å². The summed E-state index contributed by atoms with van der Waals surface area (Å²) >= 11 is 4.08. The highest BCUT2D eigenvalue weighted by Crippen LogP contribution is 2.12. The van der Waals surface area contributed by atoms with Crippen molar-refractivity contribution in [2.75, 3.05) is 26.1 Å². The van der Waals surface area contributed by atoms with Crippen LogP contribution in [0.5, 0.6) is 5.75 Å². The van der Waals surface area contributed by atoms with Crippen molar-refractivity contribution in [3.8, 4) is 5.75 Å². The molecule has 14 heavy (non-hydrogen) atoms. The van der Waals surface area contributed by atoms with Gasteiger partial charge in [0.15, 0.2) is 0 Å². The average molecular weight is 212 g/mol. The molecule has 2 nitrogen and oxygen atoms in total. The summed E-state index contributed by atoms with van der Waals surface area (Å²) in [6, 6.07) is 8.09. The number of thiol groups is 1. The molecule has 3 heteroatoms. The predicted molar refractivity (Wildman–Crippen MR) is 61.4 cm³/mol. The van der Waals surface area contributed by atoms with E-state index in [2.05, 4.69) is 24.8 Å². The van der Waals surface area contributed by atoms with Crippen molar-refractivity contribution in [3.05, 3.63) is 29.8 Å². The van der Waals surface area contributed by atoms with Crippen LogP contribution in [0.15, 0.2) is 24.3 Å². The molecule has 1 rings (SSSR count). The van der Waals surface area contributed by atoms with E-state index in [0.717, 1.165) is 24.5 Å². The van der Waals surface area contributed by atoms with Gasteiger partial charge in [-0.2, -0.15) is 12.6 Å². The third-order valence-corrected chi connectivity index (χ3v) is 2.06. The molecule has 0 saturated carbocycles. The van der Waals surface area contributed by atoms with E-state index in [-0.39, 0.29) is 0 Å². The first-order valence-corrected chi connectivity index (χ1v) is 5.31. The largest absolute Gasteiger partial charge is 0.493 e. The highest BCUT2D eigenvalue weighted by atomic mass is 32.1. The summed E-state index contributed by atoms with van der Waals surface area (Å²) in [5.74, 6) is 1.64. The molecule has 0 bridgehead atoms. The number of ether oxygens (including phenoxy) is 2. The Bertz CT molecular complexity index is 219. The van der Waals surface area contributed by atoms with Crippen molar-refractivity contribution in [2.24, 2.45) is 0 Å². The predicted octanol–water partition coefficient (Wildman–Crippen LogP) is 2.18. The van der Waals surface area contributed by atoms with E-state index in [1.165, 1.54) is 5.56 Å². The summed E-state index contributed by atoms with van der Waals surface area (Å²) in [6.07, 6.45) is 0.948. The Balaban J connectivity index is 2.42. The first-order chi connectivity index (χ1) is 6.86. The molecule has 0 spiro atoms. The third-order valence-electron chi connectivity index (χ3n) is 1.88. The summed E-state index contributed by atoms with van der Waals surface area (Å²) in [4.78, 5) is 0. The Morgan fingerprint density at radius 1 is 1.14 bits per heavy atom. The molecular weight excluding hydrogens is 196 g/mol. The molecule has 0 saturated heterocycles. The number of hydrogen-bond donors (Lipinski definition) is 1. The minimum absolute atomic E-state index is 0.653. The van der Waals surface area contributed by atoms with Crippen LogP contribution in [0.3, 0.4) is 0 Å². The zero-order chi connectivity index (χ0) is 10.2. The lowest BCUT2D eigenvalue weighted by Gasteiger charge is -2.05. The molecule has 0 aliphatic carbocycles. The topological polar surface area (TPSA) is 18.5 Å². The molecule has 0 unspecified atom stereocenters. The zero-order valence-corrected chi connectivity index (χ0v) is 9.30. The van der Waals surface area contributed by atoms with Gasteiger partial charge in [0, 0.05) is 12.9 Å². The first-order valence-electron chi connectivity index (χ1n) is 4.68. The van der Waals surface area contributed by atoms with Crippen LogP contribution in [0.1, 0.15) is 5.56 Å². The molecular formula is C11H16O2S. The van der Waals surface area contributed by atoms with E-state index in [4.69, 9.17) is 9.47 Å². The van der Waals surface area contributed by atoms with E-state index in [9.17, 15) is 0 Å². The first kappa shape index (κ1) is 11.4. The SMILES string of the molecule is COCCc1ccc(OCCS)cc1. The summed E-state index contributed by atoms with van der Waals surface area (Å²) in [6.45, 7) is 1.41. The van der Waals surface area contributed by atoms with E-state index >= 15 is 0 Å². The van der Waals surface area contributed by atoms with E-state index in [1.807, 2.05) is 12.1 Å². The summed E-state index contributed by atoms with van der Waals surface area (Å²) in [5, 5.41) is 0. The second-order valence-electron chi connectivity index (χ2n) is 2.96. The lowest BCUT2D eigenvalue weighted by Crippen LogP contribution is -1.98. The maximum absolute atomic E-state index is 5.41. The molecule has 0 aliphatic heterocycles. The number of rotatable bonds is 6. The van der Waals surface area contributed by atoms with E-state index in [1.54, 1.807) is 7.11 Å². The van der Waals surface area contributed by atoms with E-state index < -0.39 is 0 Å². The normalized spacial score (nSPS) is 10.1. The van der Waals surface area contributed by atoms with Crippen LogP contribution in [0.25, 0.3) is 0 Å². The van der Waals surface area contributed by atoms with Gasteiger partial charge in [0.2, 0.25) is 0 Å². The van der Waals surface area contributed by atoms with Gasteiger partial charge in [0.25, 0.3) is 0 Å². The lowest BCUT2D eigenvalue weighted by molar-refractivity contribution is 0.202. The van der Waals surface area contributed by atoms with Crippen LogP contribution >= 0.6 is 12.6 Å². The van der Waals surface area contributed by atoms with Gasteiger partial charge in [0.05, 0.1) is 13.2 Å². The van der Waals surface area contributed by atoms with Crippen LogP contribution in [0.4, 0.5) is 0 Å². The van der Waals surface area contributed by atoms with Gasteiger partial charge in [-0.15, -0.1) is 0 Å². The second kappa shape index (κ2) is 6.74. The maximum atomic E-state index is 5.41. The van der Waals surface area contributed by atoms with Crippen LogP contribution < -0.4 is 4.74 Å². The molecule has 0 radical (unpaired) electrons. The number of hydrogen-bond acceptors (Lipinski definition) is 3. The van der Waals surface area contributed by atoms with Crippen LogP contribution in [0.2, 0.25) is 0 Å². The molecule has 0 aromatic heterocycles. The van der Waals surface area contributed by atoms with Gasteiger partial charge in [-0.1, -0.05) is 12.1 Å². The van der Waals surface area contributed by atoms with Crippen LogP contribution in [-0.4, -0.2) is 26.1 Å². The molecule has 0 atom stereocenters. The summed E-state index contributed by atoms with van der Waals surface area (Å²) in [5.41, 5.74) is 1.27. The Hall–Kier alpha value is -0.670. The molecule has 0 amide bonds. The molecule has 78 valence electrons. The summed E-state index contributed by atoms with van der Waals surface area (Å²) in [7, 11) is 1.71. The third kappa shape index (κ3) is 4.03. The number of methoxy groups -OCH3 is 1. The fraction of sp³-hybridized carbons (Fsp3) is 0.455. The number of benzene rings is 1. The van der Waals surface area contributed by atoms with Crippen molar-refractivity contribution in [1.29, 1.82) is 0 Å². The average Bonchev–Trinajstić information content (AvgIpc) is 2.25. The van der Waals surface area contributed by atoms with Gasteiger partial charge >= 0.3 is 0 Å². The molecule has 1 aromatic rings. The van der Waals surface area contributed by atoms with Gasteiger partial charge in [-0.3, -0.25) is 0 Å². The molecule has 0 aliphatic rings. The van der Waals surface area contributed by atoms with Gasteiger partial charge < -0.3 is 9.47 Å². The minimum atomic E-state index is 0.653. The monoisotopic (exact) mass is 212 g/mol. The van der Waals surface area contributed by atoms with Crippen molar-refractivity contribution in [1.82, 2.24) is 0 Å². The highest BCUT2D eigenvalue weighted by Gasteiger charge is 1.94. The molecule has 0 heterocycles. The van der Waals surface area contributed by atoms with Crippen molar-refractivity contribution < 1.29 is 9.47 Å². The van der Waals surface area contributed by atoms with Crippen LogP contribution in [0, 0.1) is 0 Å². The van der Waals surface area contributed by atoms with E-state index in [0.29, 0.717) is 6.61 Å². The fourth-order valence-electron chi connectivity index (χ4n) is 1.14.